The van der Waals surface area contributed by atoms with Gasteiger partial charge in [0.25, 0.3) is 0 Å². The minimum atomic E-state index is -0.835. The molecule has 0 saturated carbocycles. The van der Waals surface area contributed by atoms with Crippen LogP contribution >= 0.6 is 22.7 Å². The van der Waals surface area contributed by atoms with Gasteiger partial charge in [-0.2, -0.15) is 0 Å². The van der Waals surface area contributed by atoms with Crippen LogP contribution in [-0.4, -0.2) is 43.2 Å². The van der Waals surface area contributed by atoms with Crippen molar-refractivity contribution in [1.82, 2.24) is 20.4 Å². The first kappa shape index (κ1) is 25.6. The number of nitrogens with one attached hydrogen (secondary N) is 1. The lowest BCUT2D eigenvalue weighted by atomic mass is 10.1. The van der Waals surface area contributed by atoms with E-state index in [0.717, 1.165) is 41.3 Å². The number of carboxylic acid groups (broad SMARTS) is 1. The summed E-state index contributed by atoms with van der Waals surface area (Å²) in [5.74, 6) is -0.880. The van der Waals surface area contributed by atoms with Gasteiger partial charge in [-0.1, -0.05) is 41.7 Å². The van der Waals surface area contributed by atoms with Crippen LogP contribution in [0.3, 0.4) is 0 Å². The molecule has 11 heteroatoms. The number of carbonyl (C=O) groups excluding carboxylic acids is 2. The van der Waals surface area contributed by atoms with Gasteiger partial charge in [0.2, 0.25) is 11.0 Å². The fourth-order valence-electron chi connectivity index (χ4n) is 3.22. The van der Waals surface area contributed by atoms with Gasteiger partial charge in [-0.3, -0.25) is 14.4 Å². The summed E-state index contributed by atoms with van der Waals surface area (Å²) in [6.07, 6.45) is 5.49. The first-order valence-electron chi connectivity index (χ1n) is 11.2. The third-order valence-corrected chi connectivity index (χ3v) is 6.79. The van der Waals surface area contributed by atoms with E-state index in [-0.39, 0.29) is 24.5 Å². The van der Waals surface area contributed by atoms with E-state index in [2.05, 4.69) is 25.7 Å². The number of aromatic nitrogens is 4. The molecule has 0 unspecified atom stereocenters. The van der Waals surface area contributed by atoms with Crippen molar-refractivity contribution in [3.8, 4) is 0 Å². The van der Waals surface area contributed by atoms with Gasteiger partial charge in [0, 0.05) is 25.7 Å². The van der Waals surface area contributed by atoms with Crippen LogP contribution in [0.25, 0.3) is 0 Å². The van der Waals surface area contributed by atoms with Crippen molar-refractivity contribution in [2.24, 2.45) is 0 Å². The van der Waals surface area contributed by atoms with Crippen molar-refractivity contribution in [2.45, 2.75) is 64.2 Å². The van der Waals surface area contributed by atoms with E-state index in [1.807, 2.05) is 30.3 Å². The molecule has 9 nitrogen and oxygen atoms in total. The van der Waals surface area contributed by atoms with Gasteiger partial charge in [0.1, 0.15) is 20.8 Å². The summed E-state index contributed by atoms with van der Waals surface area (Å²) in [5, 5.41) is 30.9. The zero-order valence-corrected chi connectivity index (χ0v) is 20.4. The van der Waals surface area contributed by atoms with Gasteiger partial charge in [0.15, 0.2) is 0 Å². The number of carbonyl (C=O) groups is 3. The lowest BCUT2D eigenvalue weighted by Gasteiger charge is -2.00. The second-order valence-corrected chi connectivity index (χ2v) is 10.0. The number of anilines is 1. The molecular weight excluding hydrogens is 474 g/mol. The Morgan fingerprint density at radius 2 is 1.41 bits per heavy atom. The lowest BCUT2D eigenvalue weighted by molar-refractivity contribution is -0.137. The number of benzene rings is 1. The monoisotopic (exact) mass is 501 g/mol. The summed E-state index contributed by atoms with van der Waals surface area (Å²) >= 11 is 2.84. The SMILES string of the molecule is O=C(O)CCCCC(=O)Cc1nnc(CCCCc2nnc(NC(=O)Cc3ccccc3)s2)s1. The van der Waals surface area contributed by atoms with E-state index in [1.54, 1.807) is 0 Å². The number of hydrogen-bond acceptors (Lipinski definition) is 9. The van der Waals surface area contributed by atoms with Crippen molar-refractivity contribution in [1.29, 1.82) is 0 Å². The Bertz CT molecular complexity index is 1080. The number of hydrogen-bond donors (Lipinski definition) is 2. The number of aryl methyl sites for hydroxylation is 2. The molecule has 3 aromatic rings. The minimum absolute atomic E-state index is 0.0658. The zero-order chi connectivity index (χ0) is 24.2. The van der Waals surface area contributed by atoms with Gasteiger partial charge < -0.3 is 10.4 Å². The van der Waals surface area contributed by atoms with E-state index >= 15 is 0 Å². The normalized spacial score (nSPS) is 10.8. The van der Waals surface area contributed by atoms with Crippen LogP contribution in [0.2, 0.25) is 0 Å². The minimum Gasteiger partial charge on any atom is -0.481 e. The summed E-state index contributed by atoms with van der Waals surface area (Å²) in [6, 6.07) is 9.55. The van der Waals surface area contributed by atoms with Crippen LogP contribution in [0.15, 0.2) is 30.3 Å². The van der Waals surface area contributed by atoms with Gasteiger partial charge in [0.05, 0.1) is 12.8 Å². The Balaban J connectivity index is 1.31. The van der Waals surface area contributed by atoms with Gasteiger partial charge >= 0.3 is 5.97 Å². The highest BCUT2D eigenvalue weighted by molar-refractivity contribution is 7.15. The summed E-state index contributed by atoms with van der Waals surface area (Å²) < 4.78 is 0. The van der Waals surface area contributed by atoms with Crippen LogP contribution in [0, 0.1) is 0 Å². The summed E-state index contributed by atoms with van der Waals surface area (Å²) in [7, 11) is 0. The molecule has 0 aliphatic rings. The molecule has 2 N–H and O–H groups in total. The largest absolute Gasteiger partial charge is 0.481 e. The number of aliphatic carboxylic acids is 1. The molecule has 180 valence electrons. The molecule has 0 radical (unpaired) electrons. The van der Waals surface area contributed by atoms with Crippen LogP contribution in [0.4, 0.5) is 5.13 Å². The first-order chi connectivity index (χ1) is 16.5. The third-order valence-electron chi connectivity index (χ3n) is 4.91. The average Bonchev–Trinajstić information content (AvgIpc) is 3.44. The Hall–Kier alpha value is -3.05. The molecule has 0 spiro atoms. The van der Waals surface area contributed by atoms with Crippen LogP contribution in [0.5, 0.6) is 0 Å². The number of unbranched alkanes of at least 4 members (excludes halogenated alkanes) is 2. The number of amides is 1. The topological polar surface area (TPSA) is 135 Å². The van der Waals surface area contributed by atoms with Crippen molar-refractivity contribution in [3.63, 3.8) is 0 Å². The van der Waals surface area contributed by atoms with E-state index in [4.69, 9.17) is 5.11 Å². The number of rotatable bonds is 15. The molecular formula is C23H27N5O4S2. The molecule has 0 aliphatic heterocycles. The highest BCUT2D eigenvalue weighted by Crippen LogP contribution is 2.19. The van der Waals surface area contributed by atoms with Gasteiger partial charge in [-0.05, 0) is 31.2 Å². The molecule has 0 atom stereocenters. The Kier molecular flexibility index (Phi) is 10.2. The van der Waals surface area contributed by atoms with E-state index in [1.165, 1.54) is 22.7 Å². The quantitative estimate of drug-likeness (QED) is 0.299. The maximum Gasteiger partial charge on any atom is 0.303 e. The molecule has 1 aromatic carbocycles. The van der Waals surface area contributed by atoms with Gasteiger partial charge in [-0.15, -0.1) is 31.7 Å². The number of Topliss-reactive ketones (excluding diaryl/α,β-unsaturated/α-hetero) is 1. The lowest BCUT2D eigenvalue weighted by Crippen LogP contribution is -2.14. The highest BCUT2D eigenvalue weighted by Gasteiger charge is 2.11. The van der Waals surface area contributed by atoms with E-state index in [9.17, 15) is 14.4 Å². The molecule has 34 heavy (non-hydrogen) atoms. The molecule has 2 aromatic heterocycles. The molecule has 0 saturated heterocycles. The second-order valence-electron chi connectivity index (χ2n) is 7.82. The van der Waals surface area contributed by atoms with E-state index in [0.29, 0.717) is 35.8 Å². The zero-order valence-electron chi connectivity index (χ0n) is 18.7. The maximum absolute atomic E-state index is 12.1. The smallest absolute Gasteiger partial charge is 0.303 e. The molecule has 0 bridgehead atoms. The Morgan fingerprint density at radius 3 is 2.15 bits per heavy atom. The van der Waals surface area contributed by atoms with E-state index < -0.39 is 5.97 Å². The fourth-order valence-corrected chi connectivity index (χ4v) is 4.93. The molecule has 0 fully saturated rings. The van der Waals surface area contributed by atoms with Crippen LogP contribution in [0.1, 0.15) is 59.1 Å². The highest BCUT2D eigenvalue weighted by atomic mass is 32.1. The summed E-state index contributed by atoms with van der Waals surface area (Å²) in [5.41, 5.74) is 0.949. The van der Waals surface area contributed by atoms with Crippen molar-refractivity contribution < 1.29 is 19.5 Å². The number of nitrogens with zero attached hydrogens (tertiary/aromatic N) is 4. The summed E-state index contributed by atoms with van der Waals surface area (Å²) in [4.78, 5) is 34.6. The predicted octanol–water partition coefficient (Wildman–Crippen LogP) is 3.89. The van der Waals surface area contributed by atoms with Crippen LogP contribution in [-0.2, 0) is 40.1 Å². The Morgan fingerprint density at radius 1 is 0.765 bits per heavy atom. The second kappa shape index (κ2) is 13.6. The number of carboxylic acids is 1. The predicted molar refractivity (Wildman–Crippen MR) is 130 cm³/mol. The van der Waals surface area contributed by atoms with Crippen molar-refractivity contribution in [3.05, 3.63) is 50.9 Å². The van der Waals surface area contributed by atoms with Crippen LogP contribution < -0.4 is 5.32 Å². The standard InChI is InChI=1S/C23H27N5O4S2/c29-17(10-4-7-13-22(31)32)15-21-27-25-19(33-21)11-5-6-12-20-26-28-23(34-20)24-18(30)14-16-8-2-1-3-9-16/h1-3,8-9H,4-7,10-15H2,(H,31,32)(H,24,28,30). The molecule has 3 rings (SSSR count). The van der Waals surface area contributed by atoms with Crippen molar-refractivity contribution >= 4 is 45.5 Å². The average molecular weight is 502 g/mol. The first-order valence-corrected chi connectivity index (χ1v) is 12.8. The molecule has 1 amide bonds. The number of ketones is 1. The van der Waals surface area contributed by atoms with Gasteiger partial charge in [-0.25, -0.2) is 0 Å². The maximum atomic E-state index is 12.1. The third kappa shape index (κ3) is 9.44. The molecule has 2 heterocycles. The fraction of sp³-hybridized carbons (Fsp3) is 0.435. The summed E-state index contributed by atoms with van der Waals surface area (Å²) in [6.45, 7) is 0. The molecule has 0 aliphatic carbocycles. The Labute approximate surface area is 205 Å². The van der Waals surface area contributed by atoms with Crippen molar-refractivity contribution in [2.75, 3.05) is 5.32 Å².